The van der Waals surface area contributed by atoms with Gasteiger partial charge < -0.3 is 15.5 Å². The molecule has 16 heavy (non-hydrogen) atoms. The first-order valence-electron chi connectivity index (χ1n) is 5.34. The van der Waals surface area contributed by atoms with Crippen molar-refractivity contribution in [2.75, 3.05) is 5.32 Å². The molecule has 0 saturated heterocycles. The van der Waals surface area contributed by atoms with Gasteiger partial charge in [-0.1, -0.05) is 20.3 Å². The Balaban J connectivity index is 2.63. The van der Waals surface area contributed by atoms with Crippen LogP contribution in [0.1, 0.15) is 26.7 Å². The van der Waals surface area contributed by atoms with Crippen molar-refractivity contribution in [3.63, 3.8) is 0 Å². The molecule has 0 unspecified atom stereocenters. The van der Waals surface area contributed by atoms with Gasteiger partial charge in [-0.2, -0.15) is 0 Å². The highest BCUT2D eigenvalue weighted by Crippen LogP contribution is 2.27. The first-order valence-corrected chi connectivity index (χ1v) is 5.34. The van der Waals surface area contributed by atoms with E-state index in [1.54, 1.807) is 0 Å². The predicted molar refractivity (Wildman–Crippen MR) is 62.5 cm³/mol. The Labute approximate surface area is 94.9 Å². The third-order valence-electron chi connectivity index (χ3n) is 2.49. The van der Waals surface area contributed by atoms with Crippen molar-refractivity contribution in [1.29, 1.82) is 0 Å². The summed E-state index contributed by atoms with van der Waals surface area (Å²) in [5.41, 5.74) is 0.325. The Hall–Kier alpha value is -1.71. The average Bonchev–Trinajstić information content (AvgIpc) is 2.22. The number of anilines is 1. The number of phenolic OH excluding ortho intramolecular Hbond substituents is 2. The minimum absolute atomic E-state index is 0.0302. The molecule has 0 radical (unpaired) electrons. The fourth-order valence-corrected chi connectivity index (χ4v) is 1.29. The molecule has 0 spiro atoms. The normalized spacial score (nSPS) is 12.1. The number of hydrogen-bond donors (Lipinski definition) is 3. The monoisotopic (exact) mass is 223 g/mol. The van der Waals surface area contributed by atoms with E-state index in [4.69, 9.17) is 5.11 Å². The van der Waals surface area contributed by atoms with Crippen LogP contribution in [0, 0.1) is 5.92 Å². The Morgan fingerprint density at radius 3 is 2.69 bits per heavy atom. The number of phenols is 2. The minimum Gasteiger partial charge on any atom is -0.508 e. The third kappa shape index (κ3) is 3.46. The highest BCUT2D eigenvalue weighted by atomic mass is 16.3. The number of benzene rings is 1. The van der Waals surface area contributed by atoms with Crippen LogP contribution >= 0.6 is 0 Å². The molecule has 1 aromatic rings. The number of nitrogens with one attached hydrogen (secondary N) is 1. The minimum atomic E-state index is -0.129. The number of carbonyl (C=O) groups excluding carboxylic acids is 1. The SMILES string of the molecule is CC[C@@H](C)CC(=O)Nc1ccc(O)cc1O. The summed E-state index contributed by atoms with van der Waals surface area (Å²) in [6, 6.07) is 4.08. The molecule has 0 aliphatic rings. The fourth-order valence-electron chi connectivity index (χ4n) is 1.29. The molecule has 3 N–H and O–H groups in total. The Morgan fingerprint density at radius 2 is 2.12 bits per heavy atom. The van der Waals surface area contributed by atoms with Crippen molar-refractivity contribution < 1.29 is 15.0 Å². The zero-order valence-corrected chi connectivity index (χ0v) is 9.53. The maximum atomic E-state index is 11.5. The number of rotatable bonds is 4. The number of aromatic hydroxyl groups is 2. The van der Waals surface area contributed by atoms with Crippen LogP contribution in [0.2, 0.25) is 0 Å². The lowest BCUT2D eigenvalue weighted by atomic mass is 10.1. The molecule has 0 bridgehead atoms. The zero-order valence-electron chi connectivity index (χ0n) is 9.53. The maximum absolute atomic E-state index is 11.5. The molecule has 1 amide bonds. The molecule has 0 aliphatic heterocycles. The van der Waals surface area contributed by atoms with E-state index in [2.05, 4.69) is 5.32 Å². The van der Waals surface area contributed by atoms with Crippen LogP contribution in [0.25, 0.3) is 0 Å². The molecule has 0 aliphatic carbocycles. The standard InChI is InChI=1S/C12H17NO3/c1-3-8(2)6-12(16)13-10-5-4-9(14)7-11(10)15/h4-5,7-8,14-15H,3,6H2,1-2H3,(H,13,16)/t8-/m1/s1. The Bertz CT molecular complexity index is 377. The number of hydrogen-bond acceptors (Lipinski definition) is 3. The van der Waals surface area contributed by atoms with Gasteiger partial charge in [-0.05, 0) is 18.1 Å². The molecule has 0 fully saturated rings. The Kier molecular flexibility index (Phi) is 4.17. The van der Waals surface area contributed by atoms with Crippen molar-refractivity contribution >= 4 is 11.6 Å². The van der Waals surface area contributed by atoms with Crippen molar-refractivity contribution in [3.8, 4) is 11.5 Å². The first-order chi connectivity index (χ1) is 7.52. The van der Waals surface area contributed by atoms with Crippen molar-refractivity contribution in [3.05, 3.63) is 18.2 Å². The third-order valence-corrected chi connectivity index (χ3v) is 2.49. The van der Waals surface area contributed by atoms with Crippen molar-refractivity contribution in [2.45, 2.75) is 26.7 Å². The number of carbonyl (C=O) groups is 1. The molecule has 1 atom stereocenters. The van der Waals surface area contributed by atoms with Gasteiger partial charge in [0.2, 0.25) is 5.91 Å². The second-order valence-electron chi connectivity index (χ2n) is 3.97. The van der Waals surface area contributed by atoms with E-state index >= 15 is 0 Å². The van der Waals surface area contributed by atoms with Gasteiger partial charge in [0, 0.05) is 12.5 Å². The topological polar surface area (TPSA) is 69.6 Å². The van der Waals surface area contributed by atoms with Gasteiger partial charge in [0.05, 0.1) is 5.69 Å². The molecule has 4 heteroatoms. The van der Waals surface area contributed by atoms with E-state index in [1.165, 1.54) is 18.2 Å². The summed E-state index contributed by atoms with van der Waals surface area (Å²) >= 11 is 0. The van der Waals surface area contributed by atoms with E-state index in [9.17, 15) is 9.90 Å². The molecular weight excluding hydrogens is 206 g/mol. The van der Waals surface area contributed by atoms with E-state index < -0.39 is 0 Å². The van der Waals surface area contributed by atoms with Gasteiger partial charge in [0.15, 0.2) is 0 Å². The summed E-state index contributed by atoms with van der Waals surface area (Å²) in [5, 5.41) is 21.1. The highest BCUT2D eigenvalue weighted by molar-refractivity contribution is 5.92. The molecule has 4 nitrogen and oxygen atoms in total. The quantitative estimate of drug-likeness (QED) is 0.542. The zero-order chi connectivity index (χ0) is 12.1. The Morgan fingerprint density at radius 1 is 1.44 bits per heavy atom. The molecule has 1 aromatic carbocycles. The van der Waals surface area contributed by atoms with Gasteiger partial charge in [0.1, 0.15) is 11.5 Å². The summed E-state index contributed by atoms with van der Waals surface area (Å²) in [6.07, 6.45) is 1.37. The first kappa shape index (κ1) is 12.4. The highest BCUT2D eigenvalue weighted by Gasteiger charge is 2.10. The van der Waals surface area contributed by atoms with Crippen LogP contribution in [-0.2, 0) is 4.79 Å². The van der Waals surface area contributed by atoms with Gasteiger partial charge in [-0.25, -0.2) is 0 Å². The summed E-state index contributed by atoms with van der Waals surface area (Å²) in [4.78, 5) is 11.5. The van der Waals surface area contributed by atoms with Crippen LogP contribution in [0.5, 0.6) is 11.5 Å². The largest absolute Gasteiger partial charge is 0.508 e. The molecular formula is C12H17NO3. The van der Waals surface area contributed by atoms with Crippen molar-refractivity contribution in [2.24, 2.45) is 5.92 Å². The van der Waals surface area contributed by atoms with Crippen molar-refractivity contribution in [1.82, 2.24) is 0 Å². The molecule has 1 rings (SSSR count). The van der Waals surface area contributed by atoms with E-state index in [-0.39, 0.29) is 17.4 Å². The van der Waals surface area contributed by atoms with E-state index in [0.717, 1.165) is 6.42 Å². The smallest absolute Gasteiger partial charge is 0.224 e. The van der Waals surface area contributed by atoms with Gasteiger partial charge >= 0.3 is 0 Å². The number of amides is 1. The van der Waals surface area contributed by atoms with Gasteiger partial charge in [-0.3, -0.25) is 4.79 Å². The average molecular weight is 223 g/mol. The van der Waals surface area contributed by atoms with Crippen LogP contribution in [0.15, 0.2) is 18.2 Å². The molecule has 0 heterocycles. The van der Waals surface area contributed by atoms with E-state index in [0.29, 0.717) is 18.0 Å². The molecule has 0 saturated carbocycles. The predicted octanol–water partition coefficient (Wildman–Crippen LogP) is 2.47. The van der Waals surface area contributed by atoms with E-state index in [1.807, 2.05) is 13.8 Å². The molecule has 88 valence electrons. The lowest BCUT2D eigenvalue weighted by molar-refractivity contribution is -0.117. The van der Waals surface area contributed by atoms with Crippen LogP contribution in [0.4, 0.5) is 5.69 Å². The maximum Gasteiger partial charge on any atom is 0.224 e. The van der Waals surface area contributed by atoms with Gasteiger partial charge in [-0.15, -0.1) is 0 Å². The second-order valence-corrected chi connectivity index (χ2v) is 3.97. The van der Waals surface area contributed by atoms with Gasteiger partial charge in [0.25, 0.3) is 0 Å². The lowest BCUT2D eigenvalue weighted by Crippen LogP contribution is -2.14. The summed E-state index contributed by atoms with van der Waals surface area (Å²) in [7, 11) is 0. The fraction of sp³-hybridized carbons (Fsp3) is 0.417. The van der Waals surface area contributed by atoms with Crippen LogP contribution in [-0.4, -0.2) is 16.1 Å². The van der Waals surface area contributed by atoms with Crippen LogP contribution in [0.3, 0.4) is 0 Å². The lowest BCUT2D eigenvalue weighted by Gasteiger charge is -2.10. The summed E-state index contributed by atoms with van der Waals surface area (Å²) in [5.74, 6) is 0.0320. The van der Waals surface area contributed by atoms with Crippen LogP contribution < -0.4 is 5.32 Å². The molecule has 0 aromatic heterocycles. The summed E-state index contributed by atoms with van der Waals surface area (Å²) < 4.78 is 0. The summed E-state index contributed by atoms with van der Waals surface area (Å²) in [6.45, 7) is 4.02. The second kappa shape index (κ2) is 5.39.